The molecule has 0 atom stereocenters. The van der Waals surface area contributed by atoms with Crippen LogP contribution in [0.4, 0.5) is 4.39 Å². The lowest BCUT2D eigenvalue weighted by Crippen LogP contribution is -2.45. The Morgan fingerprint density at radius 2 is 1.88 bits per heavy atom. The summed E-state index contributed by atoms with van der Waals surface area (Å²) in [5.74, 6) is -0.189. The van der Waals surface area contributed by atoms with Crippen LogP contribution in [0.15, 0.2) is 60.9 Å². The Morgan fingerprint density at radius 1 is 1.09 bits per heavy atom. The van der Waals surface area contributed by atoms with Crippen molar-refractivity contribution >= 4 is 5.91 Å². The fourth-order valence-electron chi connectivity index (χ4n) is 3.80. The molecule has 1 aliphatic heterocycles. The number of likely N-dealkylation sites (N-methyl/N-ethyl adjacent to an activating group) is 1. The largest absolute Gasteiger partial charge is 0.476 e. The summed E-state index contributed by atoms with van der Waals surface area (Å²) >= 11 is 0. The Morgan fingerprint density at radius 3 is 2.59 bits per heavy atom. The maximum absolute atomic E-state index is 14.7. The Hall–Kier alpha value is -3.36. The summed E-state index contributed by atoms with van der Waals surface area (Å²) in [5, 5.41) is 2.86. The van der Waals surface area contributed by atoms with Gasteiger partial charge in [-0.3, -0.25) is 14.7 Å². The lowest BCUT2D eigenvalue weighted by molar-refractivity contribution is -0.120. The number of carbonyl (C=O) groups excluding carboxylic acids is 1. The molecule has 2 aromatic heterocycles. The van der Waals surface area contributed by atoms with Crippen molar-refractivity contribution in [3.63, 3.8) is 0 Å². The number of piperazine rings is 1. The molecule has 1 aromatic carbocycles. The Kier molecular flexibility index (Phi) is 8.17. The first-order chi connectivity index (χ1) is 16.6. The normalized spacial score (nSPS) is 14.6. The summed E-state index contributed by atoms with van der Waals surface area (Å²) in [6, 6.07) is 14.2. The molecule has 0 unspecified atom stereocenters. The van der Waals surface area contributed by atoms with Crippen molar-refractivity contribution in [2.45, 2.75) is 13.0 Å². The molecular weight excluding hydrogens is 433 g/mol. The van der Waals surface area contributed by atoms with Gasteiger partial charge in [-0.25, -0.2) is 9.37 Å². The summed E-state index contributed by atoms with van der Waals surface area (Å²) in [6.07, 6.45) is 3.44. The lowest BCUT2D eigenvalue weighted by atomic mass is 10.0. The first-order valence-electron chi connectivity index (χ1n) is 11.5. The molecule has 1 saturated heterocycles. The fourth-order valence-corrected chi connectivity index (χ4v) is 3.80. The van der Waals surface area contributed by atoms with E-state index >= 15 is 0 Å². The van der Waals surface area contributed by atoms with E-state index in [2.05, 4.69) is 32.1 Å². The molecule has 0 spiro atoms. The summed E-state index contributed by atoms with van der Waals surface area (Å²) < 4.78 is 20.4. The monoisotopic (exact) mass is 463 g/mol. The number of ether oxygens (including phenoxy) is 1. The van der Waals surface area contributed by atoms with Crippen LogP contribution in [0.1, 0.15) is 11.3 Å². The van der Waals surface area contributed by atoms with Crippen LogP contribution in [0.25, 0.3) is 11.1 Å². The molecular formula is C26H30FN5O2. The van der Waals surface area contributed by atoms with Crippen LogP contribution in [0.2, 0.25) is 0 Å². The highest BCUT2D eigenvalue weighted by Crippen LogP contribution is 2.25. The molecule has 178 valence electrons. The number of hydrogen-bond donors (Lipinski definition) is 1. The first kappa shape index (κ1) is 23.8. The van der Waals surface area contributed by atoms with Crippen molar-refractivity contribution in [2.75, 3.05) is 46.4 Å². The molecule has 1 N–H and O–H groups in total. The molecule has 0 bridgehead atoms. The van der Waals surface area contributed by atoms with Gasteiger partial charge in [0.25, 0.3) is 0 Å². The van der Waals surface area contributed by atoms with E-state index in [4.69, 9.17) is 4.74 Å². The van der Waals surface area contributed by atoms with Gasteiger partial charge in [0.2, 0.25) is 11.8 Å². The van der Waals surface area contributed by atoms with Gasteiger partial charge in [0, 0.05) is 56.7 Å². The summed E-state index contributed by atoms with van der Waals surface area (Å²) in [6.45, 7) is 5.80. The standard InChI is InChI=1S/C26H30FN5O2/c1-31-10-12-32(13-11-31)14-15-34-26-17-24(27)23(19-30-26)21-7-5-20(6-8-21)16-25(33)29-18-22-4-2-3-9-28-22/h2-9,17,19H,10-16,18H2,1H3,(H,29,33). The SMILES string of the molecule is CN1CCN(CCOc2cc(F)c(-c3ccc(CC(=O)NCc4ccccn4)cc3)cn2)CC1. The molecule has 0 radical (unpaired) electrons. The fraction of sp³-hybridized carbons (Fsp3) is 0.346. The quantitative estimate of drug-likeness (QED) is 0.526. The van der Waals surface area contributed by atoms with E-state index in [9.17, 15) is 9.18 Å². The van der Waals surface area contributed by atoms with Crippen LogP contribution in [0.5, 0.6) is 5.88 Å². The van der Waals surface area contributed by atoms with Crippen molar-refractivity contribution < 1.29 is 13.9 Å². The molecule has 34 heavy (non-hydrogen) atoms. The van der Waals surface area contributed by atoms with Crippen molar-refractivity contribution in [2.24, 2.45) is 0 Å². The minimum Gasteiger partial charge on any atom is -0.476 e. The molecule has 0 saturated carbocycles. The first-order valence-corrected chi connectivity index (χ1v) is 11.5. The highest BCUT2D eigenvalue weighted by molar-refractivity contribution is 5.78. The molecule has 1 aliphatic rings. The number of benzene rings is 1. The molecule has 3 heterocycles. The number of carbonyl (C=O) groups is 1. The van der Waals surface area contributed by atoms with Gasteiger partial charge in [0.05, 0.1) is 18.7 Å². The summed E-state index contributed by atoms with van der Waals surface area (Å²) in [5.41, 5.74) is 2.75. The third kappa shape index (κ3) is 6.82. The number of rotatable bonds is 9. The number of hydrogen-bond acceptors (Lipinski definition) is 6. The summed E-state index contributed by atoms with van der Waals surface area (Å²) in [4.78, 5) is 25.3. The third-order valence-electron chi connectivity index (χ3n) is 5.90. The number of aromatic nitrogens is 2. The van der Waals surface area contributed by atoms with E-state index in [-0.39, 0.29) is 24.0 Å². The minimum absolute atomic E-state index is 0.0932. The highest BCUT2D eigenvalue weighted by atomic mass is 19.1. The molecule has 1 amide bonds. The van der Waals surface area contributed by atoms with Gasteiger partial charge in [-0.15, -0.1) is 0 Å². The number of halogens is 1. The van der Waals surface area contributed by atoms with Gasteiger partial charge in [0.1, 0.15) is 12.4 Å². The Bertz CT molecular complexity index is 1070. The molecule has 1 fully saturated rings. The predicted octanol–water partition coefficient (Wildman–Crippen LogP) is 2.77. The van der Waals surface area contributed by atoms with Crippen molar-refractivity contribution in [3.05, 3.63) is 78.0 Å². The molecule has 7 nitrogen and oxygen atoms in total. The third-order valence-corrected chi connectivity index (χ3v) is 5.90. The van der Waals surface area contributed by atoms with Crippen LogP contribution in [-0.2, 0) is 17.8 Å². The van der Waals surface area contributed by atoms with Gasteiger partial charge in [-0.1, -0.05) is 30.3 Å². The topological polar surface area (TPSA) is 70.6 Å². The average molecular weight is 464 g/mol. The molecule has 3 aromatic rings. The zero-order valence-electron chi connectivity index (χ0n) is 19.4. The van der Waals surface area contributed by atoms with E-state index in [1.807, 2.05) is 30.3 Å². The van der Waals surface area contributed by atoms with Crippen LogP contribution >= 0.6 is 0 Å². The maximum Gasteiger partial charge on any atom is 0.224 e. The molecule has 4 rings (SSSR count). The van der Waals surface area contributed by atoms with Gasteiger partial charge in [-0.05, 0) is 30.3 Å². The van der Waals surface area contributed by atoms with Crippen molar-refractivity contribution in [1.29, 1.82) is 0 Å². The zero-order valence-corrected chi connectivity index (χ0v) is 19.4. The second kappa shape index (κ2) is 11.7. The Balaban J connectivity index is 1.26. The van der Waals surface area contributed by atoms with Crippen molar-refractivity contribution in [3.8, 4) is 17.0 Å². The van der Waals surface area contributed by atoms with Crippen LogP contribution in [0, 0.1) is 5.82 Å². The van der Waals surface area contributed by atoms with Crippen LogP contribution in [-0.4, -0.2) is 72.1 Å². The average Bonchev–Trinajstić information content (AvgIpc) is 2.85. The van der Waals surface area contributed by atoms with Gasteiger partial charge in [0.15, 0.2) is 0 Å². The van der Waals surface area contributed by atoms with E-state index in [1.165, 1.54) is 12.3 Å². The maximum atomic E-state index is 14.7. The van der Waals surface area contributed by atoms with E-state index in [1.54, 1.807) is 18.3 Å². The van der Waals surface area contributed by atoms with E-state index in [0.717, 1.165) is 44.0 Å². The highest BCUT2D eigenvalue weighted by Gasteiger charge is 2.14. The Labute approximate surface area is 199 Å². The van der Waals surface area contributed by atoms with Gasteiger partial charge < -0.3 is 15.0 Å². The van der Waals surface area contributed by atoms with Crippen LogP contribution in [0.3, 0.4) is 0 Å². The van der Waals surface area contributed by atoms with Crippen molar-refractivity contribution in [1.82, 2.24) is 25.1 Å². The van der Waals surface area contributed by atoms with Gasteiger partial charge >= 0.3 is 0 Å². The predicted molar refractivity (Wildman–Crippen MR) is 129 cm³/mol. The number of amides is 1. The number of pyridine rings is 2. The lowest BCUT2D eigenvalue weighted by Gasteiger charge is -2.32. The number of nitrogens with one attached hydrogen (secondary N) is 1. The zero-order chi connectivity index (χ0) is 23.8. The van der Waals surface area contributed by atoms with E-state index < -0.39 is 0 Å². The second-order valence-corrected chi connectivity index (χ2v) is 8.47. The number of nitrogens with zero attached hydrogens (tertiary/aromatic N) is 4. The van der Waals surface area contributed by atoms with Gasteiger partial charge in [-0.2, -0.15) is 0 Å². The van der Waals surface area contributed by atoms with Crippen LogP contribution < -0.4 is 10.1 Å². The molecule has 8 heteroatoms. The second-order valence-electron chi connectivity index (χ2n) is 8.47. The van der Waals surface area contributed by atoms with E-state index in [0.29, 0.717) is 24.3 Å². The minimum atomic E-state index is -0.384. The summed E-state index contributed by atoms with van der Waals surface area (Å²) in [7, 11) is 2.12. The molecule has 0 aliphatic carbocycles. The smallest absolute Gasteiger partial charge is 0.224 e.